The van der Waals surface area contributed by atoms with Crippen LogP contribution in [0.25, 0.3) is 65.9 Å². The summed E-state index contributed by atoms with van der Waals surface area (Å²) in [5.74, 6) is 0. The Bertz CT molecular complexity index is 2510. The second-order valence-electron chi connectivity index (χ2n) is 11.6. The molecule has 216 valence electrons. The Hall–Kier alpha value is -6.19. The monoisotopic (exact) mass is 588 g/mol. The molecule has 0 saturated heterocycles. The summed E-state index contributed by atoms with van der Waals surface area (Å²) in [6.07, 6.45) is 1.82. The van der Waals surface area contributed by atoms with Crippen molar-refractivity contribution in [1.29, 1.82) is 0 Å². The quantitative estimate of drug-likeness (QED) is 0.187. The summed E-state index contributed by atoms with van der Waals surface area (Å²) in [5.41, 5.74) is 10.3. The lowest BCUT2D eigenvalue weighted by Gasteiger charge is -2.26. The van der Waals surface area contributed by atoms with Crippen molar-refractivity contribution in [2.75, 3.05) is 4.90 Å². The van der Waals surface area contributed by atoms with Crippen LogP contribution in [0.1, 0.15) is 0 Å². The van der Waals surface area contributed by atoms with Crippen molar-refractivity contribution in [3.05, 3.63) is 170 Å². The Balaban J connectivity index is 1.17. The number of nitrogens with zero attached hydrogens (tertiary/aromatic N) is 2. The molecule has 0 aliphatic rings. The van der Waals surface area contributed by atoms with Gasteiger partial charge in [0.2, 0.25) is 0 Å². The van der Waals surface area contributed by atoms with E-state index >= 15 is 0 Å². The molecule has 9 rings (SSSR count). The van der Waals surface area contributed by atoms with Crippen molar-refractivity contribution < 1.29 is 4.42 Å². The van der Waals surface area contributed by atoms with E-state index < -0.39 is 0 Å². The lowest BCUT2D eigenvalue weighted by Crippen LogP contribution is -2.10. The Kier molecular flexibility index (Phi) is 6.14. The van der Waals surface area contributed by atoms with Gasteiger partial charge in [-0.1, -0.05) is 109 Å². The molecular weight excluding hydrogens is 560 g/mol. The third-order valence-corrected chi connectivity index (χ3v) is 8.91. The van der Waals surface area contributed by atoms with Crippen molar-refractivity contribution in [3.63, 3.8) is 0 Å². The highest BCUT2D eigenvalue weighted by Gasteiger charge is 2.20. The SMILES string of the molecule is c1ccc(-c2ccc(N(c3ccc(-c4ccc5ccc6ccccc6c5c4)cc3)c3cccc4c3oc3cccnc34)cc2)cc1. The molecule has 0 aliphatic heterocycles. The third-order valence-electron chi connectivity index (χ3n) is 8.91. The average molecular weight is 589 g/mol. The van der Waals surface area contributed by atoms with Crippen LogP contribution < -0.4 is 4.90 Å². The van der Waals surface area contributed by atoms with Crippen LogP contribution >= 0.6 is 0 Å². The van der Waals surface area contributed by atoms with E-state index in [9.17, 15) is 0 Å². The first kappa shape index (κ1) is 26.2. The second kappa shape index (κ2) is 10.8. The number of fused-ring (bicyclic) bond motifs is 6. The Morgan fingerprint density at radius 2 is 1.04 bits per heavy atom. The molecule has 0 bridgehead atoms. The molecule has 0 fully saturated rings. The Morgan fingerprint density at radius 3 is 1.83 bits per heavy atom. The molecule has 46 heavy (non-hydrogen) atoms. The van der Waals surface area contributed by atoms with Crippen LogP contribution in [0.2, 0.25) is 0 Å². The summed E-state index contributed by atoms with van der Waals surface area (Å²) in [7, 11) is 0. The Morgan fingerprint density at radius 1 is 0.435 bits per heavy atom. The standard InChI is InChI=1S/C43H28N2O/c1-2-8-29(9-3-1)30-19-23-35(24-20-30)45(40-13-6-12-38-42-41(46-43(38)40)14-7-27-44-42)36-25-21-31(22-26-36)34-18-17-33-16-15-32-10-4-5-11-37(32)39(33)28-34/h1-28H. The highest BCUT2D eigenvalue weighted by atomic mass is 16.3. The number of aromatic nitrogens is 1. The van der Waals surface area contributed by atoms with Crippen molar-refractivity contribution in [2.45, 2.75) is 0 Å². The maximum atomic E-state index is 6.47. The predicted molar refractivity (Wildman–Crippen MR) is 192 cm³/mol. The first-order chi connectivity index (χ1) is 22.8. The number of para-hydroxylation sites is 1. The molecule has 3 heteroatoms. The van der Waals surface area contributed by atoms with Crippen molar-refractivity contribution >= 4 is 60.7 Å². The highest BCUT2D eigenvalue weighted by molar-refractivity contribution is 6.09. The number of anilines is 3. The molecule has 0 atom stereocenters. The van der Waals surface area contributed by atoms with Gasteiger partial charge in [0.25, 0.3) is 0 Å². The average Bonchev–Trinajstić information content (AvgIpc) is 3.52. The first-order valence-electron chi connectivity index (χ1n) is 15.5. The zero-order valence-electron chi connectivity index (χ0n) is 25.0. The van der Waals surface area contributed by atoms with Crippen LogP contribution in [0, 0.1) is 0 Å². The maximum absolute atomic E-state index is 6.47. The maximum Gasteiger partial charge on any atom is 0.161 e. The van der Waals surface area contributed by atoms with Gasteiger partial charge in [-0.25, -0.2) is 0 Å². The van der Waals surface area contributed by atoms with Crippen molar-refractivity contribution in [3.8, 4) is 22.3 Å². The van der Waals surface area contributed by atoms with E-state index in [1.807, 2.05) is 24.4 Å². The summed E-state index contributed by atoms with van der Waals surface area (Å²) in [4.78, 5) is 6.91. The summed E-state index contributed by atoms with van der Waals surface area (Å²) < 4.78 is 6.47. The molecule has 0 saturated carbocycles. The van der Waals surface area contributed by atoms with Crippen LogP contribution in [0.15, 0.2) is 174 Å². The molecule has 0 radical (unpaired) electrons. The number of rotatable bonds is 5. The fourth-order valence-electron chi connectivity index (χ4n) is 6.63. The minimum atomic E-state index is 0.781. The van der Waals surface area contributed by atoms with E-state index in [0.717, 1.165) is 39.1 Å². The van der Waals surface area contributed by atoms with E-state index in [-0.39, 0.29) is 0 Å². The number of benzene rings is 7. The van der Waals surface area contributed by atoms with Gasteiger partial charge in [0.05, 0.1) is 5.69 Å². The highest BCUT2D eigenvalue weighted by Crippen LogP contribution is 2.42. The smallest absolute Gasteiger partial charge is 0.161 e. The summed E-state index contributed by atoms with van der Waals surface area (Å²) in [6, 6.07) is 58.0. The van der Waals surface area contributed by atoms with Crippen LogP contribution in [0.4, 0.5) is 17.1 Å². The lowest BCUT2D eigenvalue weighted by molar-refractivity contribution is 0.668. The molecule has 9 aromatic rings. The fourth-order valence-corrected chi connectivity index (χ4v) is 6.63. The molecule has 3 nitrogen and oxygen atoms in total. The predicted octanol–water partition coefficient (Wildman–Crippen LogP) is 12.1. The van der Waals surface area contributed by atoms with Gasteiger partial charge in [0.1, 0.15) is 5.52 Å². The van der Waals surface area contributed by atoms with E-state index in [1.54, 1.807) is 0 Å². The van der Waals surface area contributed by atoms with E-state index in [2.05, 4.69) is 155 Å². The fraction of sp³-hybridized carbons (Fsp3) is 0. The van der Waals surface area contributed by atoms with Gasteiger partial charge in [0.15, 0.2) is 11.2 Å². The van der Waals surface area contributed by atoms with Gasteiger partial charge in [0, 0.05) is 23.0 Å². The zero-order chi connectivity index (χ0) is 30.5. The zero-order valence-corrected chi connectivity index (χ0v) is 25.0. The number of hydrogen-bond donors (Lipinski definition) is 0. The van der Waals surface area contributed by atoms with Crippen LogP contribution in [-0.4, -0.2) is 4.98 Å². The Labute approximate surface area is 266 Å². The molecule has 0 N–H and O–H groups in total. The van der Waals surface area contributed by atoms with Gasteiger partial charge in [-0.05, 0) is 98.4 Å². The molecule has 0 amide bonds. The summed E-state index contributed by atoms with van der Waals surface area (Å²) in [6.45, 7) is 0. The normalized spacial score (nSPS) is 11.5. The molecule has 2 heterocycles. The molecule has 7 aromatic carbocycles. The number of hydrogen-bond acceptors (Lipinski definition) is 3. The van der Waals surface area contributed by atoms with Gasteiger partial charge >= 0.3 is 0 Å². The summed E-state index contributed by atoms with van der Waals surface area (Å²) >= 11 is 0. The minimum Gasteiger partial charge on any atom is -0.452 e. The van der Waals surface area contributed by atoms with Crippen LogP contribution in [0.3, 0.4) is 0 Å². The number of furan rings is 1. The van der Waals surface area contributed by atoms with Crippen molar-refractivity contribution in [1.82, 2.24) is 4.98 Å². The van der Waals surface area contributed by atoms with E-state index in [0.29, 0.717) is 0 Å². The topological polar surface area (TPSA) is 29.3 Å². The molecule has 2 aromatic heterocycles. The van der Waals surface area contributed by atoms with Crippen LogP contribution in [0.5, 0.6) is 0 Å². The largest absolute Gasteiger partial charge is 0.452 e. The molecule has 0 spiro atoms. The number of pyridine rings is 1. The van der Waals surface area contributed by atoms with Gasteiger partial charge < -0.3 is 9.32 Å². The van der Waals surface area contributed by atoms with Crippen LogP contribution in [-0.2, 0) is 0 Å². The molecule has 0 aliphatic carbocycles. The third kappa shape index (κ3) is 4.41. The van der Waals surface area contributed by atoms with E-state index in [1.165, 1.54) is 43.8 Å². The van der Waals surface area contributed by atoms with Gasteiger partial charge in [-0.2, -0.15) is 0 Å². The minimum absolute atomic E-state index is 0.781. The molecular formula is C43H28N2O. The lowest BCUT2D eigenvalue weighted by atomic mass is 9.97. The van der Waals surface area contributed by atoms with Gasteiger partial charge in [-0.15, -0.1) is 0 Å². The first-order valence-corrected chi connectivity index (χ1v) is 15.5. The molecule has 0 unspecified atom stereocenters. The van der Waals surface area contributed by atoms with Gasteiger partial charge in [-0.3, -0.25) is 4.98 Å². The summed E-state index contributed by atoms with van der Waals surface area (Å²) in [5, 5.41) is 6.05. The van der Waals surface area contributed by atoms with Crippen molar-refractivity contribution in [2.24, 2.45) is 0 Å². The second-order valence-corrected chi connectivity index (χ2v) is 11.6. The van der Waals surface area contributed by atoms with E-state index in [4.69, 9.17) is 4.42 Å².